The molecule has 2 aliphatic heterocycles. The van der Waals surface area contributed by atoms with E-state index in [0.717, 1.165) is 6.61 Å². The maximum atomic E-state index is 5.85. The minimum atomic E-state index is 0.363. The Morgan fingerprint density at radius 3 is 2.59 bits per heavy atom. The van der Waals surface area contributed by atoms with E-state index in [1.165, 1.54) is 32.2 Å². The van der Waals surface area contributed by atoms with Crippen LogP contribution in [0.1, 0.15) is 60.3 Å². The molecule has 2 rings (SSSR count). The molecule has 2 nitrogen and oxygen atoms in total. The molecule has 0 saturated carbocycles. The molecule has 2 heterocycles. The summed E-state index contributed by atoms with van der Waals surface area (Å²) >= 11 is 0. The van der Waals surface area contributed by atoms with E-state index in [9.17, 15) is 0 Å². The third kappa shape index (κ3) is 2.26. The molecule has 0 radical (unpaired) electrons. The molecule has 0 amide bonds. The number of fused-ring (bicyclic) bond motifs is 1. The smallest absolute Gasteiger partial charge is 0.0625 e. The molecule has 2 saturated heterocycles. The standard InChI is InChI=1S/C15H29NO/c1-12(2)17-11-13-7-9-15(14(3,4)5)8-6-10-16(13)15/h12-13H,6-11H2,1-5H3. The molecule has 0 bridgehead atoms. The Labute approximate surface area is 107 Å². The van der Waals surface area contributed by atoms with Gasteiger partial charge in [-0.1, -0.05) is 20.8 Å². The fourth-order valence-electron chi connectivity index (χ4n) is 3.92. The van der Waals surface area contributed by atoms with Crippen molar-refractivity contribution in [1.29, 1.82) is 0 Å². The minimum absolute atomic E-state index is 0.363. The molecular weight excluding hydrogens is 210 g/mol. The second-order valence-electron chi connectivity index (χ2n) is 7.15. The van der Waals surface area contributed by atoms with E-state index in [2.05, 4.69) is 39.5 Å². The molecule has 2 unspecified atom stereocenters. The molecule has 2 fully saturated rings. The first kappa shape index (κ1) is 13.4. The first-order valence-corrected chi connectivity index (χ1v) is 7.25. The van der Waals surface area contributed by atoms with Gasteiger partial charge in [0.25, 0.3) is 0 Å². The molecule has 0 spiro atoms. The van der Waals surface area contributed by atoms with E-state index in [-0.39, 0.29) is 0 Å². The Bertz CT molecular complexity index is 269. The highest BCUT2D eigenvalue weighted by Crippen LogP contribution is 2.52. The van der Waals surface area contributed by atoms with Crippen LogP contribution in [-0.2, 0) is 4.74 Å². The van der Waals surface area contributed by atoms with Crippen LogP contribution < -0.4 is 0 Å². The predicted molar refractivity (Wildman–Crippen MR) is 72.2 cm³/mol. The van der Waals surface area contributed by atoms with Crippen molar-refractivity contribution in [3.63, 3.8) is 0 Å². The largest absolute Gasteiger partial charge is 0.377 e. The molecule has 2 heteroatoms. The Hall–Kier alpha value is -0.0800. The van der Waals surface area contributed by atoms with E-state index >= 15 is 0 Å². The summed E-state index contributed by atoms with van der Waals surface area (Å²) in [6.45, 7) is 13.7. The van der Waals surface area contributed by atoms with E-state index in [1.807, 2.05) is 0 Å². The molecule has 2 atom stereocenters. The van der Waals surface area contributed by atoms with Gasteiger partial charge in [0, 0.05) is 11.6 Å². The van der Waals surface area contributed by atoms with E-state index in [4.69, 9.17) is 4.74 Å². The summed E-state index contributed by atoms with van der Waals surface area (Å²) in [5.74, 6) is 0. The average Bonchev–Trinajstić information content (AvgIpc) is 2.71. The zero-order valence-electron chi connectivity index (χ0n) is 12.3. The maximum Gasteiger partial charge on any atom is 0.0625 e. The van der Waals surface area contributed by atoms with Crippen LogP contribution in [0.25, 0.3) is 0 Å². The lowest BCUT2D eigenvalue weighted by Gasteiger charge is -2.45. The Kier molecular flexibility index (Phi) is 3.57. The van der Waals surface area contributed by atoms with Crippen LogP contribution in [0.3, 0.4) is 0 Å². The first-order valence-electron chi connectivity index (χ1n) is 7.25. The molecule has 100 valence electrons. The lowest BCUT2D eigenvalue weighted by molar-refractivity contribution is -0.00510. The second-order valence-corrected chi connectivity index (χ2v) is 7.15. The summed E-state index contributed by atoms with van der Waals surface area (Å²) in [4.78, 5) is 2.77. The molecule has 0 aromatic rings. The summed E-state index contributed by atoms with van der Waals surface area (Å²) in [5.41, 5.74) is 0.855. The van der Waals surface area contributed by atoms with Crippen LogP contribution >= 0.6 is 0 Å². The lowest BCUT2D eigenvalue weighted by atomic mass is 9.71. The number of rotatable bonds is 3. The van der Waals surface area contributed by atoms with Crippen molar-refractivity contribution < 1.29 is 4.74 Å². The Balaban J connectivity index is 2.07. The zero-order chi connectivity index (χ0) is 12.7. The van der Waals surface area contributed by atoms with Gasteiger partial charge < -0.3 is 4.74 Å². The zero-order valence-corrected chi connectivity index (χ0v) is 12.3. The van der Waals surface area contributed by atoms with Crippen LogP contribution in [0.4, 0.5) is 0 Å². The van der Waals surface area contributed by atoms with Crippen LogP contribution in [0.2, 0.25) is 0 Å². The number of ether oxygens (including phenoxy) is 1. The molecule has 2 aliphatic rings. The number of hydrogen-bond donors (Lipinski definition) is 0. The van der Waals surface area contributed by atoms with Crippen molar-refractivity contribution in [3.8, 4) is 0 Å². The van der Waals surface area contributed by atoms with Crippen LogP contribution in [0.15, 0.2) is 0 Å². The molecule has 0 aromatic carbocycles. The molecular formula is C15H29NO. The highest BCUT2D eigenvalue weighted by atomic mass is 16.5. The van der Waals surface area contributed by atoms with E-state index < -0.39 is 0 Å². The third-order valence-electron chi connectivity index (χ3n) is 4.89. The number of nitrogens with zero attached hydrogens (tertiary/aromatic N) is 1. The number of hydrogen-bond acceptors (Lipinski definition) is 2. The highest BCUT2D eigenvalue weighted by Gasteiger charge is 2.55. The van der Waals surface area contributed by atoms with Crippen molar-refractivity contribution in [2.75, 3.05) is 13.2 Å². The van der Waals surface area contributed by atoms with Crippen LogP contribution in [-0.4, -0.2) is 35.7 Å². The summed E-state index contributed by atoms with van der Waals surface area (Å²) < 4.78 is 5.85. The van der Waals surface area contributed by atoms with Gasteiger partial charge in [0.15, 0.2) is 0 Å². The van der Waals surface area contributed by atoms with Crippen molar-refractivity contribution >= 4 is 0 Å². The van der Waals surface area contributed by atoms with E-state index in [0.29, 0.717) is 23.1 Å². The third-order valence-corrected chi connectivity index (χ3v) is 4.89. The average molecular weight is 239 g/mol. The van der Waals surface area contributed by atoms with Gasteiger partial charge in [0.2, 0.25) is 0 Å². The normalized spacial score (nSPS) is 34.6. The van der Waals surface area contributed by atoms with Crippen LogP contribution in [0, 0.1) is 5.41 Å². The minimum Gasteiger partial charge on any atom is -0.377 e. The monoisotopic (exact) mass is 239 g/mol. The van der Waals surface area contributed by atoms with Crippen molar-refractivity contribution in [2.45, 2.75) is 78.0 Å². The summed E-state index contributed by atoms with van der Waals surface area (Å²) in [6, 6.07) is 0.666. The SMILES string of the molecule is CC(C)OCC1CCC2(C(C)(C)C)CCCN12. The second kappa shape index (κ2) is 4.55. The quantitative estimate of drug-likeness (QED) is 0.748. The van der Waals surface area contributed by atoms with Gasteiger partial charge in [-0.3, -0.25) is 4.90 Å². The Morgan fingerprint density at radius 1 is 1.29 bits per heavy atom. The van der Waals surface area contributed by atoms with E-state index in [1.54, 1.807) is 0 Å². The summed E-state index contributed by atoms with van der Waals surface area (Å²) in [5, 5.41) is 0. The van der Waals surface area contributed by atoms with Crippen molar-refractivity contribution in [3.05, 3.63) is 0 Å². The topological polar surface area (TPSA) is 12.5 Å². The molecule has 0 N–H and O–H groups in total. The van der Waals surface area contributed by atoms with Gasteiger partial charge in [-0.05, 0) is 51.5 Å². The summed E-state index contributed by atoms with van der Waals surface area (Å²) in [6.07, 6.45) is 5.80. The fraction of sp³-hybridized carbons (Fsp3) is 1.00. The van der Waals surface area contributed by atoms with Gasteiger partial charge in [-0.2, -0.15) is 0 Å². The Morgan fingerprint density at radius 2 is 2.00 bits per heavy atom. The van der Waals surface area contributed by atoms with Gasteiger partial charge in [-0.25, -0.2) is 0 Å². The van der Waals surface area contributed by atoms with Gasteiger partial charge in [-0.15, -0.1) is 0 Å². The van der Waals surface area contributed by atoms with Gasteiger partial charge in [0.1, 0.15) is 0 Å². The van der Waals surface area contributed by atoms with Gasteiger partial charge >= 0.3 is 0 Å². The molecule has 17 heavy (non-hydrogen) atoms. The lowest BCUT2D eigenvalue weighted by Crippen LogP contribution is -2.52. The fourth-order valence-corrected chi connectivity index (χ4v) is 3.92. The van der Waals surface area contributed by atoms with Gasteiger partial charge in [0.05, 0.1) is 12.7 Å². The highest BCUT2D eigenvalue weighted by molar-refractivity contribution is 5.10. The summed E-state index contributed by atoms with van der Waals surface area (Å²) in [7, 11) is 0. The molecule has 0 aliphatic carbocycles. The first-order chi connectivity index (χ1) is 7.87. The maximum absolute atomic E-state index is 5.85. The molecule has 0 aromatic heterocycles. The van der Waals surface area contributed by atoms with Crippen LogP contribution in [0.5, 0.6) is 0 Å². The van der Waals surface area contributed by atoms with Crippen molar-refractivity contribution in [1.82, 2.24) is 4.90 Å². The van der Waals surface area contributed by atoms with Crippen molar-refractivity contribution in [2.24, 2.45) is 5.41 Å². The predicted octanol–water partition coefficient (Wildman–Crippen LogP) is 3.45.